The van der Waals surface area contributed by atoms with Crippen molar-refractivity contribution in [2.24, 2.45) is 5.92 Å². The summed E-state index contributed by atoms with van der Waals surface area (Å²) in [5, 5.41) is 4.68. The lowest BCUT2D eigenvalue weighted by molar-refractivity contribution is 0.536. The van der Waals surface area contributed by atoms with E-state index in [0.717, 1.165) is 35.2 Å². The van der Waals surface area contributed by atoms with E-state index in [4.69, 9.17) is 0 Å². The minimum atomic E-state index is -0.297. The van der Waals surface area contributed by atoms with Crippen molar-refractivity contribution in [2.75, 3.05) is 6.26 Å². The summed E-state index contributed by atoms with van der Waals surface area (Å²) in [6.45, 7) is 0.665. The van der Waals surface area contributed by atoms with Crippen LogP contribution in [0.2, 0.25) is 0 Å². The number of hydrogen-bond donors (Lipinski definition) is 0. The van der Waals surface area contributed by atoms with Crippen LogP contribution in [-0.4, -0.2) is 16.0 Å². The van der Waals surface area contributed by atoms with Gasteiger partial charge in [-0.3, -0.25) is 4.79 Å². The number of nitrogens with zero attached hydrogens (tertiary/aromatic N) is 2. The van der Waals surface area contributed by atoms with E-state index < -0.39 is 0 Å². The van der Waals surface area contributed by atoms with Gasteiger partial charge in [0.15, 0.2) is 0 Å². The molecule has 5 heteroatoms. The molecule has 0 saturated heterocycles. The molecule has 0 N–H and O–H groups in total. The zero-order chi connectivity index (χ0) is 18.1. The van der Waals surface area contributed by atoms with Gasteiger partial charge in [0.2, 0.25) is 0 Å². The van der Waals surface area contributed by atoms with E-state index in [1.807, 2.05) is 30.5 Å². The lowest BCUT2D eigenvalue weighted by atomic mass is 10.00. The van der Waals surface area contributed by atoms with Crippen LogP contribution in [0.5, 0.6) is 0 Å². The fourth-order valence-corrected chi connectivity index (χ4v) is 3.39. The summed E-state index contributed by atoms with van der Waals surface area (Å²) in [4.78, 5) is 13.7. The average molecular weight is 366 g/mol. The van der Waals surface area contributed by atoms with Gasteiger partial charge in [0.05, 0.1) is 5.69 Å². The van der Waals surface area contributed by atoms with Crippen LogP contribution in [-0.2, 0) is 6.54 Å². The van der Waals surface area contributed by atoms with Gasteiger partial charge in [-0.15, -0.1) is 11.8 Å². The quantitative estimate of drug-likeness (QED) is 0.606. The Balaban J connectivity index is 1.86. The van der Waals surface area contributed by atoms with E-state index in [1.165, 1.54) is 17.0 Å². The first-order valence-corrected chi connectivity index (χ1v) is 9.89. The van der Waals surface area contributed by atoms with Gasteiger partial charge < -0.3 is 0 Å². The summed E-state index contributed by atoms with van der Waals surface area (Å²) in [5.41, 5.74) is 3.12. The van der Waals surface area contributed by atoms with E-state index >= 15 is 0 Å². The SMILES string of the molecule is CSc1ccc(-c2nn(CC3CC3)c(=O)cc2-c2ccc(F)cc2)cc1. The highest BCUT2D eigenvalue weighted by atomic mass is 32.2. The fourth-order valence-electron chi connectivity index (χ4n) is 2.98. The molecule has 1 heterocycles. The Morgan fingerprint density at radius 3 is 2.35 bits per heavy atom. The molecule has 1 aliphatic rings. The lowest BCUT2D eigenvalue weighted by Crippen LogP contribution is -2.24. The number of halogens is 1. The highest BCUT2D eigenvalue weighted by molar-refractivity contribution is 7.98. The van der Waals surface area contributed by atoms with Gasteiger partial charge in [-0.05, 0) is 54.8 Å². The van der Waals surface area contributed by atoms with Crippen molar-refractivity contribution in [2.45, 2.75) is 24.3 Å². The van der Waals surface area contributed by atoms with Crippen LogP contribution in [0.4, 0.5) is 4.39 Å². The second kappa shape index (κ2) is 7.08. The maximum absolute atomic E-state index is 13.3. The predicted octanol–water partition coefficient (Wildman–Crippen LogP) is 4.85. The molecule has 0 atom stereocenters. The zero-order valence-corrected chi connectivity index (χ0v) is 15.3. The lowest BCUT2D eigenvalue weighted by Gasteiger charge is -2.13. The number of hydrogen-bond acceptors (Lipinski definition) is 3. The van der Waals surface area contributed by atoms with Crippen molar-refractivity contribution < 1.29 is 4.39 Å². The molecule has 0 amide bonds. The Bertz CT molecular complexity index is 976. The zero-order valence-electron chi connectivity index (χ0n) is 14.5. The third-order valence-electron chi connectivity index (χ3n) is 4.64. The van der Waals surface area contributed by atoms with Crippen molar-refractivity contribution in [3.8, 4) is 22.4 Å². The van der Waals surface area contributed by atoms with Crippen molar-refractivity contribution in [1.29, 1.82) is 0 Å². The van der Waals surface area contributed by atoms with Gasteiger partial charge in [0.1, 0.15) is 5.82 Å². The molecular weight excluding hydrogens is 347 g/mol. The van der Waals surface area contributed by atoms with Crippen molar-refractivity contribution in [3.05, 3.63) is 70.8 Å². The fraction of sp³-hybridized carbons (Fsp3) is 0.238. The van der Waals surface area contributed by atoms with Crippen LogP contribution < -0.4 is 5.56 Å². The highest BCUT2D eigenvalue weighted by Gasteiger charge is 2.23. The van der Waals surface area contributed by atoms with Gasteiger partial charge in [0, 0.05) is 28.6 Å². The van der Waals surface area contributed by atoms with Gasteiger partial charge >= 0.3 is 0 Å². The Labute approximate surface area is 155 Å². The highest BCUT2D eigenvalue weighted by Crippen LogP contribution is 2.32. The third kappa shape index (κ3) is 3.58. The molecule has 0 radical (unpaired) electrons. The molecule has 1 aliphatic carbocycles. The summed E-state index contributed by atoms with van der Waals surface area (Å²) in [7, 11) is 0. The van der Waals surface area contributed by atoms with E-state index in [1.54, 1.807) is 34.6 Å². The number of benzene rings is 2. The molecule has 1 fully saturated rings. The second-order valence-electron chi connectivity index (χ2n) is 6.61. The Morgan fingerprint density at radius 1 is 1.08 bits per heavy atom. The Hall–Kier alpha value is -2.40. The molecular formula is C21H19FN2OS. The van der Waals surface area contributed by atoms with Crippen LogP contribution in [0.3, 0.4) is 0 Å². The molecule has 26 heavy (non-hydrogen) atoms. The minimum absolute atomic E-state index is 0.110. The molecule has 0 aliphatic heterocycles. The van der Waals surface area contributed by atoms with Crippen LogP contribution >= 0.6 is 11.8 Å². The van der Waals surface area contributed by atoms with Gasteiger partial charge in [-0.2, -0.15) is 5.10 Å². The number of thioether (sulfide) groups is 1. The molecule has 0 unspecified atom stereocenters. The van der Waals surface area contributed by atoms with Gasteiger partial charge in [0.25, 0.3) is 5.56 Å². The van der Waals surface area contributed by atoms with Crippen LogP contribution in [0.15, 0.2) is 64.3 Å². The van der Waals surface area contributed by atoms with Crippen LogP contribution in [0, 0.1) is 11.7 Å². The third-order valence-corrected chi connectivity index (χ3v) is 5.39. The smallest absolute Gasteiger partial charge is 0.267 e. The van der Waals surface area contributed by atoms with E-state index in [9.17, 15) is 9.18 Å². The summed E-state index contributed by atoms with van der Waals surface area (Å²) >= 11 is 1.68. The first kappa shape index (κ1) is 17.0. The van der Waals surface area contributed by atoms with Crippen molar-refractivity contribution >= 4 is 11.8 Å². The van der Waals surface area contributed by atoms with Crippen molar-refractivity contribution in [3.63, 3.8) is 0 Å². The molecule has 2 aromatic carbocycles. The van der Waals surface area contributed by atoms with Gasteiger partial charge in [-0.25, -0.2) is 9.07 Å². The van der Waals surface area contributed by atoms with Crippen LogP contribution in [0.25, 0.3) is 22.4 Å². The van der Waals surface area contributed by atoms with E-state index in [2.05, 4.69) is 5.10 Å². The topological polar surface area (TPSA) is 34.9 Å². The van der Waals surface area contributed by atoms with Crippen molar-refractivity contribution in [1.82, 2.24) is 9.78 Å². The van der Waals surface area contributed by atoms with Gasteiger partial charge in [-0.1, -0.05) is 24.3 Å². The summed E-state index contributed by atoms with van der Waals surface area (Å²) in [6.07, 6.45) is 4.35. The first-order valence-electron chi connectivity index (χ1n) is 8.66. The molecule has 3 nitrogen and oxygen atoms in total. The molecule has 0 spiro atoms. The monoisotopic (exact) mass is 366 g/mol. The number of rotatable bonds is 5. The predicted molar refractivity (Wildman–Crippen MR) is 104 cm³/mol. The average Bonchev–Trinajstić information content (AvgIpc) is 3.48. The molecule has 132 valence electrons. The largest absolute Gasteiger partial charge is 0.268 e. The summed E-state index contributed by atoms with van der Waals surface area (Å²) in [6, 6.07) is 16.0. The summed E-state index contributed by atoms with van der Waals surface area (Å²) < 4.78 is 14.9. The number of aromatic nitrogens is 2. The molecule has 1 aromatic heterocycles. The van der Waals surface area contributed by atoms with E-state index in [-0.39, 0.29) is 11.4 Å². The maximum atomic E-state index is 13.3. The van der Waals surface area contributed by atoms with E-state index in [0.29, 0.717) is 12.5 Å². The second-order valence-corrected chi connectivity index (χ2v) is 7.49. The van der Waals surface area contributed by atoms with Crippen LogP contribution in [0.1, 0.15) is 12.8 Å². The Morgan fingerprint density at radius 2 is 1.73 bits per heavy atom. The molecule has 3 aromatic rings. The Kier molecular flexibility index (Phi) is 4.64. The minimum Gasteiger partial charge on any atom is -0.268 e. The first-order chi connectivity index (χ1) is 12.6. The maximum Gasteiger partial charge on any atom is 0.267 e. The molecule has 1 saturated carbocycles. The summed E-state index contributed by atoms with van der Waals surface area (Å²) in [5.74, 6) is 0.262. The normalized spacial score (nSPS) is 13.8. The standard InChI is InChI=1S/C21H19FN2OS/c1-26-18-10-6-16(7-11-18)21-19(15-4-8-17(22)9-5-15)12-20(25)24(23-21)13-14-2-3-14/h4-12,14H,2-3,13H2,1H3. The molecule has 0 bridgehead atoms. The molecule has 4 rings (SSSR count).